The van der Waals surface area contributed by atoms with Crippen molar-refractivity contribution in [3.8, 4) is 0 Å². The van der Waals surface area contributed by atoms with Crippen LogP contribution in [0.3, 0.4) is 0 Å². The van der Waals surface area contributed by atoms with Crippen LogP contribution in [0.2, 0.25) is 0 Å². The van der Waals surface area contributed by atoms with Gasteiger partial charge in [0.15, 0.2) is 0 Å². The molecular weight excluding hydrogens is 259 g/mol. The summed E-state index contributed by atoms with van der Waals surface area (Å²) in [5, 5.41) is 0. The maximum atomic E-state index is 13.0. The van der Waals surface area contributed by atoms with E-state index in [-0.39, 0.29) is 11.7 Å². The van der Waals surface area contributed by atoms with Crippen molar-refractivity contribution in [2.24, 2.45) is 5.73 Å². The first-order valence-corrected chi connectivity index (χ1v) is 6.91. The molecule has 1 atom stereocenters. The third kappa shape index (κ3) is 1.97. The quantitative estimate of drug-likeness (QED) is 0.905. The van der Waals surface area contributed by atoms with Gasteiger partial charge >= 0.3 is 0 Å². The maximum Gasteiger partial charge on any atom is 0.240 e. The molecule has 1 aliphatic heterocycles. The second-order valence-corrected chi connectivity index (χ2v) is 5.65. The number of benzene rings is 1. The van der Waals surface area contributed by atoms with Crippen molar-refractivity contribution < 1.29 is 14.0 Å². The summed E-state index contributed by atoms with van der Waals surface area (Å²) in [5.41, 5.74) is 5.63. The Morgan fingerprint density at radius 3 is 2.45 bits per heavy atom. The van der Waals surface area contributed by atoms with Crippen LogP contribution >= 0.6 is 0 Å². The summed E-state index contributed by atoms with van der Waals surface area (Å²) in [4.78, 5) is 25.8. The molecular formula is C15H17FN2O2. The molecule has 0 radical (unpaired) electrons. The van der Waals surface area contributed by atoms with E-state index in [1.165, 1.54) is 12.1 Å². The molecule has 5 heteroatoms. The Morgan fingerprint density at radius 2 is 1.90 bits per heavy atom. The minimum Gasteiger partial charge on any atom is -0.368 e. The zero-order valence-corrected chi connectivity index (χ0v) is 11.1. The van der Waals surface area contributed by atoms with Crippen LogP contribution in [0.25, 0.3) is 0 Å². The predicted molar refractivity (Wildman–Crippen MR) is 71.2 cm³/mol. The first-order chi connectivity index (χ1) is 9.54. The summed E-state index contributed by atoms with van der Waals surface area (Å²) >= 11 is 0. The van der Waals surface area contributed by atoms with Crippen LogP contribution in [0, 0.1) is 5.82 Å². The lowest BCUT2D eigenvalue weighted by molar-refractivity contribution is -0.139. The number of primary amides is 1. The molecule has 2 fully saturated rings. The number of nitrogens with two attached hydrogens (primary N) is 1. The van der Waals surface area contributed by atoms with Crippen molar-refractivity contribution in [1.29, 1.82) is 0 Å². The zero-order chi connectivity index (χ0) is 14.3. The van der Waals surface area contributed by atoms with Gasteiger partial charge in [0, 0.05) is 6.54 Å². The van der Waals surface area contributed by atoms with Gasteiger partial charge in [-0.25, -0.2) is 4.39 Å². The zero-order valence-electron chi connectivity index (χ0n) is 11.1. The minimum atomic E-state index is -0.564. The molecule has 20 heavy (non-hydrogen) atoms. The van der Waals surface area contributed by atoms with Crippen LogP contribution in [0.1, 0.15) is 31.2 Å². The molecule has 2 aliphatic rings. The average molecular weight is 276 g/mol. The van der Waals surface area contributed by atoms with Crippen LogP contribution < -0.4 is 5.73 Å². The van der Waals surface area contributed by atoms with Crippen molar-refractivity contribution in [3.63, 3.8) is 0 Å². The van der Waals surface area contributed by atoms with Crippen LogP contribution in [-0.4, -0.2) is 29.3 Å². The van der Waals surface area contributed by atoms with Crippen molar-refractivity contribution in [3.05, 3.63) is 35.6 Å². The number of carbonyl (C=O) groups is 2. The van der Waals surface area contributed by atoms with E-state index in [0.717, 1.165) is 24.8 Å². The van der Waals surface area contributed by atoms with E-state index in [4.69, 9.17) is 5.73 Å². The Kier molecular flexibility index (Phi) is 3.00. The lowest BCUT2D eigenvalue weighted by atomic mass is 9.94. The molecule has 1 aromatic rings. The van der Waals surface area contributed by atoms with Gasteiger partial charge in [-0.2, -0.15) is 0 Å². The maximum absolute atomic E-state index is 13.0. The second kappa shape index (κ2) is 4.58. The molecule has 1 unspecified atom stereocenters. The van der Waals surface area contributed by atoms with Crippen molar-refractivity contribution >= 4 is 11.8 Å². The monoisotopic (exact) mass is 276 g/mol. The lowest BCUT2D eigenvalue weighted by Crippen LogP contribution is -2.47. The van der Waals surface area contributed by atoms with Crippen LogP contribution in [-0.2, 0) is 15.0 Å². The first-order valence-electron chi connectivity index (χ1n) is 6.91. The Bertz CT molecular complexity index is 551. The fraction of sp³-hybridized carbons (Fsp3) is 0.467. The van der Waals surface area contributed by atoms with Gasteiger partial charge in [-0.15, -0.1) is 0 Å². The topological polar surface area (TPSA) is 63.4 Å². The van der Waals surface area contributed by atoms with E-state index in [1.807, 2.05) is 0 Å². The van der Waals surface area contributed by atoms with Gasteiger partial charge < -0.3 is 10.6 Å². The summed E-state index contributed by atoms with van der Waals surface area (Å²) in [6.07, 6.45) is 2.94. The molecule has 2 N–H and O–H groups in total. The molecule has 1 aromatic carbocycles. The number of nitrogens with zero attached hydrogens (tertiary/aromatic N) is 1. The predicted octanol–water partition coefficient (Wildman–Crippen LogP) is 1.33. The van der Waals surface area contributed by atoms with Crippen LogP contribution in [0.4, 0.5) is 4.39 Å². The lowest BCUT2D eigenvalue weighted by Gasteiger charge is -2.27. The molecule has 0 aromatic heterocycles. The van der Waals surface area contributed by atoms with Gasteiger partial charge in [-0.3, -0.25) is 9.59 Å². The van der Waals surface area contributed by atoms with Gasteiger partial charge in [0.2, 0.25) is 11.8 Å². The summed E-state index contributed by atoms with van der Waals surface area (Å²) < 4.78 is 13.0. The summed E-state index contributed by atoms with van der Waals surface area (Å²) in [6, 6.07) is 5.59. The molecule has 3 rings (SSSR count). The van der Waals surface area contributed by atoms with Crippen LogP contribution in [0.15, 0.2) is 24.3 Å². The normalized spacial score (nSPS) is 23.6. The minimum absolute atomic E-state index is 0.0367. The first kappa shape index (κ1) is 13.1. The highest BCUT2D eigenvalue weighted by atomic mass is 19.1. The Labute approximate surface area is 116 Å². The number of rotatable bonds is 3. The van der Waals surface area contributed by atoms with E-state index in [9.17, 15) is 14.0 Å². The van der Waals surface area contributed by atoms with E-state index in [1.54, 1.807) is 17.0 Å². The molecule has 1 aliphatic carbocycles. The standard InChI is InChI=1S/C15H17FN2O2/c16-11-5-3-10(4-6-11)15(7-8-15)14(20)18-9-1-2-12(18)13(17)19/h3-6,12H,1-2,7-9H2,(H2,17,19). The molecule has 0 spiro atoms. The van der Waals surface area contributed by atoms with Gasteiger partial charge in [0.1, 0.15) is 11.9 Å². The summed E-state index contributed by atoms with van der Waals surface area (Å²) in [7, 11) is 0. The third-order valence-corrected chi connectivity index (χ3v) is 4.40. The highest BCUT2D eigenvalue weighted by Gasteiger charge is 2.54. The molecule has 0 bridgehead atoms. The second-order valence-electron chi connectivity index (χ2n) is 5.65. The SMILES string of the molecule is NC(=O)C1CCCN1C(=O)C1(c2ccc(F)cc2)CC1. The van der Waals surface area contributed by atoms with Crippen LogP contribution in [0.5, 0.6) is 0 Å². The number of hydrogen-bond donors (Lipinski definition) is 1. The summed E-state index contributed by atoms with van der Waals surface area (Å²) in [5.74, 6) is -0.788. The smallest absolute Gasteiger partial charge is 0.240 e. The molecule has 4 nitrogen and oxygen atoms in total. The Morgan fingerprint density at radius 1 is 1.25 bits per heavy atom. The molecule has 1 saturated carbocycles. The molecule has 2 amide bonds. The molecule has 1 heterocycles. The van der Waals surface area contributed by atoms with Gasteiger partial charge in [0.05, 0.1) is 5.41 Å². The molecule has 1 saturated heterocycles. The highest BCUT2D eigenvalue weighted by Crippen LogP contribution is 2.50. The van der Waals surface area contributed by atoms with E-state index < -0.39 is 17.4 Å². The highest BCUT2D eigenvalue weighted by molar-refractivity contribution is 5.95. The number of hydrogen-bond acceptors (Lipinski definition) is 2. The van der Waals surface area contributed by atoms with Crippen molar-refractivity contribution in [1.82, 2.24) is 4.90 Å². The number of halogens is 1. The largest absolute Gasteiger partial charge is 0.368 e. The van der Waals surface area contributed by atoms with Crippen molar-refractivity contribution in [2.75, 3.05) is 6.54 Å². The summed E-state index contributed by atoms with van der Waals surface area (Å²) in [6.45, 7) is 0.579. The van der Waals surface area contributed by atoms with E-state index >= 15 is 0 Å². The van der Waals surface area contributed by atoms with E-state index in [0.29, 0.717) is 13.0 Å². The number of amides is 2. The van der Waals surface area contributed by atoms with Gasteiger partial charge in [-0.05, 0) is 43.4 Å². The average Bonchev–Trinajstić information content (AvgIpc) is 3.08. The number of carbonyl (C=O) groups excluding carboxylic acids is 2. The molecule has 106 valence electrons. The van der Waals surface area contributed by atoms with E-state index in [2.05, 4.69) is 0 Å². The fourth-order valence-corrected chi connectivity index (χ4v) is 3.10. The fourth-order valence-electron chi connectivity index (χ4n) is 3.10. The Hall–Kier alpha value is -1.91. The van der Waals surface area contributed by atoms with Gasteiger partial charge in [0.25, 0.3) is 0 Å². The van der Waals surface area contributed by atoms with Crippen molar-refractivity contribution in [2.45, 2.75) is 37.1 Å². The number of likely N-dealkylation sites (tertiary alicyclic amines) is 1. The van der Waals surface area contributed by atoms with Gasteiger partial charge in [-0.1, -0.05) is 12.1 Å². The third-order valence-electron chi connectivity index (χ3n) is 4.40. The Balaban J connectivity index is 1.86.